The highest BCUT2D eigenvalue weighted by atomic mass is 16.3. The molecule has 0 radical (unpaired) electrons. The van der Waals surface area contributed by atoms with Crippen LogP contribution in [0, 0.1) is 0 Å². The predicted octanol–water partition coefficient (Wildman–Crippen LogP) is 3.05. The average Bonchev–Trinajstić information content (AvgIpc) is 2.99. The maximum atomic E-state index is 9.53. The maximum absolute atomic E-state index is 9.53. The van der Waals surface area contributed by atoms with Crippen LogP contribution in [0.5, 0.6) is 0 Å². The molecule has 0 fully saturated rings. The van der Waals surface area contributed by atoms with Crippen molar-refractivity contribution in [3.63, 3.8) is 0 Å². The van der Waals surface area contributed by atoms with Crippen molar-refractivity contribution in [1.82, 2.24) is 15.0 Å². The van der Waals surface area contributed by atoms with Gasteiger partial charge in [0.15, 0.2) is 0 Å². The fourth-order valence-electron chi connectivity index (χ4n) is 2.47. The SMILES string of the molecule is CC(c1ccccc1)n1nnc(CO)c1-c1ccccc1. The molecule has 1 atom stereocenters. The molecule has 0 saturated heterocycles. The van der Waals surface area contributed by atoms with Gasteiger partial charge in [-0.3, -0.25) is 0 Å². The molecule has 21 heavy (non-hydrogen) atoms. The summed E-state index contributed by atoms with van der Waals surface area (Å²) < 4.78 is 1.87. The molecule has 4 nitrogen and oxygen atoms in total. The number of aliphatic hydroxyl groups is 1. The predicted molar refractivity (Wildman–Crippen MR) is 81.6 cm³/mol. The van der Waals surface area contributed by atoms with Crippen LogP contribution in [0.2, 0.25) is 0 Å². The van der Waals surface area contributed by atoms with Gasteiger partial charge >= 0.3 is 0 Å². The zero-order chi connectivity index (χ0) is 14.7. The van der Waals surface area contributed by atoms with E-state index in [1.54, 1.807) is 0 Å². The van der Waals surface area contributed by atoms with E-state index in [0.717, 1.165) is 16.8 Å². The molecule has 1 aromatic heterocycles. The lowest BCUT2D eigenvalue weighted by molar-refractivity contribution is 0.277. The average molecular weight is 279 g/mol. The summed E-state index contributed by atoms with van der Waals surface area (Å²) in [5.74, 6) is 0. The van der Waals surface area contributed by atoms with Crippen molar-refractivity contribution in [1.29, 1.82) is 0 Å². The van der Waals surface area contributed by atoms with E-state index in [0.29, 0.717) is 5.69 Å². The zero-order valence-corrected chi connectivity index (χ0v) is 11.8. The van der Waals surface area contributed by atoms with Crippen LogP contribution in [-0.2, 0) is 6.61 Å². The van der Waals surface area contributed by atoms with Gasteiger partial charge in [0.2, 0.25) is 0 Å². The normalized spacial score (nSPS) is 12.3. The zero-order valence-electron chi connectivity index (χ0n) is 11.8. The van der Waals surface area contributed by atoms with Crippen LogP contribution in [0.25, 0.3) is 11.3 Å². The first-order valence-corrected chi connectivity index (χ1v) is 6.96. The lowest BCUT2D eigenvalue weighted by Crippen LogP contribution is -2.10. The molecule has 3 rings (SSSR count). The Morgan fingerprint density at radius 3 is 2.24 bits per heavy atom. The van der Waals surface area contributed by atoms with Gasteiger partial charge in [-0.2, -0.15) is 0 Å². The quantitative estimate of drug-likeness (QED) is 0.798. The molecule has 3 aromatic rings. The van der Waals surface area contributed by atoms with Crippen molar-refractivity contribution in [3.8, 4) is 11.3 Å². The van der Waals surface area contributed by atoms with E-state index in [9.17, 15) is 5.11 Å². The fourth-order valence-corrected chi connectivity index (χ4v) is 2.47. The number of hydrogen-bond acceptors (Lipinski definition) is 3. The Kier molecular flexibility index (Phi) is 3.79. The van der Waals surface area contributed by atoms with Gasteiger partial charge in [0, 0.05) is 5.56 Å². The number of aliphatic hydroxyl groups excluding tert-OH is 1. The Labute approximate surface area is 123 Å². The molecular weight excluding hydrogens is 262 g/mol. The second-order valence-electron chi connectivity index (χ2n) is 4.94. The minimum atomic E-state index is -0.119. The van der Waals surface area contributed by atoms with Crippen molar-refractivity contribution in [2.45, 2.75) is 19.6 Å². The third kappa shape index (κ3) is 2.58. The smallest absolute Gasteiger partial charge is 0.116 e. The number of rotatable bonds is 4. The minimum absolute atomic E-state index is 0.0502. The van der Waals surface area contributed by atoms with E-state index in [2.05, 4.69) is 29.4 Å². The van der Waals surface area contributed by atoms with Crippen LogP contribution in [0.1, 0.15) is 24.2 Å². The molecular formula is C17H17N3O. The van der Waals surface area contributed by atoms with E-state index < -0.39 is 0 Å². The molecule has 1 N–H and O–H groups in total. The highest BCUT2D eigenvalue weighted by Crippen LogP contribution is 2.27. The highest BCUT2D eigenvalue weighted by molar-refractivity contribution is 5.62. The third-order valence-corrected chi connectivity index (χ3v) is 3.61. The lowest BCUT2D eigenvalue weighted by Gasteiger charge is -2.15. The van der Waals surface area contributed by atoms with Crippen LogP contribution < -0.4 is 0 Å². The Morgan fingerprint density at radius 1 is 1.00 bits per heavy atom. The fraction of sp³-hybridized carbons (Fsp3) is 0.176. The van der Waals surface area contributed by atoms with Crippen LogP contribution in [0.3, 0.4) is 0 Å². The molecule has 0 spiro atoms. The topological polar surface area (TPSA) is 50.9 Å². The molecule has 0 amide bonds. The summed E-state index contributed by atoms with van der Waals surface area (Å²) in [4.78, 5) is 0. The number of hydrogen-bond donors (Lipinski definition) is 1. The van der Waals surface area contributed by atoms with E-state index in [1.807, 2.05) is 53.2 Å². The van der Waals surface area contributed by atoms with E-state index in [4.69, 9.17) is 0 Å². The molecule has 2 aromatic carbocycles. The second-order valence-corrected chi connectivity index (χ2v) is 4.94. The Hall–Kier alpha value is -2.46. The third-order valence-electron chi connectivity index (χ3n) is 3.61. The largest absolute Gasteiger partial charge is 0.390 e. The molecule has 0 aliphatic rings. The summed E-state index contributed by atoms with van der Waals surface area (Å²) in [5.41, 5.74) is 3.64. The van der Waals surface area contributed by atoms with Gasteiger partial charge in [0.05, 0.1) is 18.3 Å². The first-order valence-electron chi connectivity index (χ1n) is 6.96. The number of aromatic nitrogens is 3. The highest BCUT2D eigenvalue weighted by Gasteiger charge is 2.19. The Morgan fingerprint density at radius 2 is 1.62 bits per heavy atom. The molecule has 1 unspecified atom stereocenters. The van der Waals surface area contributed by atoms with Crippen LogP contribution >= 0.6 is 0 Å². The standard InChI is InChI=1S/C17H17N3O/c1-13(14-8-4-2-5-9-14)20-17(16(12-21)18-19-20)15-10-6-3-7-11-15/h2-11,13,21H,12H2,1H3. The van der Waals surface area contributed by atoms with Crippen LogP contribution in [0.15, 0.2) is 60.7 Å². The van der Waals surface area contributed by atoms with E-state index in [-0.39, 0.29) is 12.6 Å². The van der Waals surface area contributed by atoms with Crippen LogP contribution in [0.4, 0.5) is 0 Å². The summed E-state index contributed by atoms with van der Waals surface area (Å²) in [6.45, 7) is 1.96. The Balaban J connectivity index is 2.10. The summed E-state index contributed by atoms with van der Waals surface area (Å²) in [6, 6.07) is 20.1. The Bertz CT molecular complexity index is 707. The number of benzene rings is 2. The van der Waals surface area contributed by atoms with Crippen molar-refractivity contribution < 1.29 is 5.11 Å². The summed E-state index contributed by atoms with van der Waals surface area (Å²) in [7, 11) is 0. The lowest BCUT2D eigenvalue weighted by atomic mass is 10.1. The van der Waals surface area contributed by atoms with Gasteiger partial charge in [-0.15, -0.1) is 5.10 Å². The first kappa shape index (κ1) is 13.5. The van der Waals surface area contributed by atoms with Gasteiger partial charge in [0.1, 0.15) is 5.69 Å². The van der Waals surface area contributed by atoms with Crippen molar-refractivity contribution in [3.05, 3.63) is 71.9 Å². The van der Waals surface area contributed by atoms with Gasteiger partial charge in [-0.05, 0) is 12.5 Å². The van der Waals surface area contributed by atoms with Crippen molar-refractivity contribution in [2.75, 3.05) is 0 Å². The molecule has 0 bridgehead atoms. The molecule has 106 valence electrons. The summed E-state index contributed by atoms with van der Waals surface area (Å²) in [5, 5.41) is 17.9. The van der Waals surface area contributed by atoms with E-state index >= 15 is 0 Å². The molecule has 0 saturated carbocycles. The van der Waals surface area contributed by atoms with Gasteiger partial charge in [-0.25, -0.2) is 4.68 Å². The summed E-state index contributed by atoms with van der Waals surface area (Å²) >= 11 is 0. The molecule has 0 aliphatic heterocycles. The number of nitrogens with zero attached hydrogens (tertiary/aromatic N) is 3. The maximum Gasteiger partial charge on any atom is 0.116 e. The van der Waals surface area contributed by atoms with Crippen molar-refractivity contribution in [2.24, 2.45) is 0 Å². The minimum Gasteiger partial charge on any atom is -0.390 e. The van der Waals surface area contributed by atoms with Gasteiger partial charge in [0.25, 0.3) is 0 Å². The van der Waals surface area contributed by atoms with Gasteiger partial charge in [-0.1, -0.05) is 65.9 Å². The first-order chi connectivity index (χ1) is 10.3. The van der Waals surface area contributed by atoms with Crippen molar-refractivity contribution >= 4 is 0 Å². The molecule has 1 heterocycles. The summed E-state index contributed by atoms with van der Waals surface area (Å²) in [6.07, 6.45) is 0. The monoisotopic (exact) mass is 279 g/mol. The second kappa shape index (κ2) is 5.89. The van der Waals surface area contributed by atoms with Crippen LogP contribution in [-0.4, -0.2) is 20.1 Å². The molecule has 4 heteroatoms. The van der Waals surface area contributed by atoms with Gasteiger partial charge < -0.3 is 5.11 Å². The molecule has 0 aliphatic carbocycles. The van der Waals surface area contributed by atoms with E-state index in [1.165, 1.54) is 0 Å².